The number of carbonyl (C=O) groups is 2. The molecule has 20 heavy (non-hydrogen) atoms. The summed E-state index contributed by atoms with van der Waals surface area (Å²) in [4.78, 5) is 25.8. The molecular weight excluding hydrogens is 254 g/mol. The zero-order valence-electron chi connectivity index (χ0n) is 11.9. The van der Waals surface area contributed by atoms with Crippen LogP contribution in [-0.2, 0) is 16.0 Å². The molecule has 1 aromatic rings. The van der Waals surface area contributed by atoms with Gasteiger partial charge in [-0.25, -0.2) is 0 Å². The molecule has 0 aromatic heterocycles. The van der Waals surface area contributed by atoms with Crippen molar-refractivity contribution in [1.29, 1.82) is 0 Å². The van der Waals surface area contributed by atoms with E-state index in [-0.39, 0.29) is 23.7 Å². The molecule has 2 aliphatic heterocycles. The summed E-state index contributed by atoms with van der Waals surface area (Å²) in [6.45, 7) is 2.52. The van der Waals surface area contributed by atoms with Gasteiger partial charge >= 0.3 is 0 Å². The van der Waals surface area contributed by atoms with E-state index in [1.165, 1.54) is 0 Å². The van der Waals surface area contributed by atoms with E-state index in [1.54, 1.807) is 11.9 Å². The van der Waals surface area contributed by atoms with E-state index in [0.29, 0.717) is 13.0 Å². The Morgan fingerprint density at radius 2 is 2.15 bits per heavy atom. The summed E-state index contributed by atoms with van der Waals surface area (Å²) < 4.78 is 5.48. The summed E-state index contributed by atoms with van der Waals surface area (Å²) in [5.74, 6) is 0.275. The summed E-state index contributed by atoms with van der Waals surface area (Å²) in [6, 6.07) is 5.67. The van der Waals surface area contributed by atoms with Gasteiger partial charge in [0.2, 0.25) is 5.91 Å². The summed E-state index contributed by atoms with van der Waals surface area (Å²) in [5, 5.41) is 0. The second-order valence-corrected chi connectivity index (χ2v) is 5.74. The lowest BCUT2D eigenvalue weighted by Gasteiger charge is -2.26. The Hall–Kier alpha value is -1.68. The molecule has 1 fully saturated rings. The van der Waals surface area contributed by atoms with Crippen LogP contribution in [0.2, 0.25) is 0 Å². The van der Waals surface area contributed by atoms with Crippen LogP contribution in [0, 0.1) is 5.92 Å². The van der Waals surface area contributed by atoms with Crippen LogP contribution in [0.3, 0.4) is 0 Å². The predicted octanol–water partition coefficient (Wildman–Crippen LogP) is 2.20. The highest BCUT2D eigenvalue weighted by atomic mass is 16.5. The molecule has 1 aromatic carbocycles. The number of anilines is 1. The molecule has 2 atom stereocenters. The van der Waals surface area contributed by atoms with E-state index in [9.17, 15) is 9.59 Å². The first-order chi connectivity index (χ1) is 9.56. The highest BCUT2D eigenvalue weighted by Gasteiger charge is 2.30. The van der Waals surface area contributed by atoms with Gasteiger partial charge in [-0.05, 0) is 43.5 Å². The number of fused-ring (bicyclic) bond motifs is 1. The largest absolute Gasteiger partial charge is 0.378 e. The molecular formula is C16H19NO3. The van der Waals surface area contributed by atoms with E-state index in [2.05, 4.69) is 0 Å². The molecule has 0 radical (unpaired) electrons. The lowest BCUT2D eigenvalue weighted by molar-refractivity contribution is -0.118. The van der Waals surface area contributed by atoms with Crippen LogP contribution in [0.1, 0.15) is 35.7 Å². The molecule has 0 N–H and O–H groups in total. The summed E-state index contributed by atoms with van der Waals surface area (Å²) in [7, 11) is 1.79. The lowest BCUT2D eigenvalue weighted by atomic mass is 9.92. The van der Waals surface area contributed by atoms with Crippen molar-refractivity contribution < 1.29 is 14.3 Å². The van der Waals surface area contributed by atoms with Crippen molar-refractivity contribution in [2.75, 3.05) is 18.6 Å². The van der Waals surface area contributed by atoms with E-state index in [1.807, 2.05) is 25.1 Å². The highest BCUT2D eigenvalue weighted by Crippen LogP contribution is 2.30. The maximum atomic E-state index is 12.5. The quantitative estimate of drug-likeness (QED) is 0.776. The minimum Gasteiger partial charge on any atom is -0.378 e. The van der Waals surface area contributed by atoms with Crippen molar-refractivity contribution in [3.8, 4) is 0 Å². The van der Waals surface area contributed by atoms with Crippen molar-refractivity contribution >= 4 is 17.4 Å². The summed E-state index contributed by atoms with van der Waals surface area (Å²) in [5.41, 5.74) is 2.76. The van der Waals surface area contributed by atoms with E-state index < -0.39 is 0 Å². The number of nitrogens with zero attached hydrogens (tertiary/aromatic N) is 1. The number of hydrogen-bond donors (Lipinski definition) is 0. The highest BCUT2D eigenvalue weighted by molar-refractivity contribution is 6.00. The van der Waals surface area contributed by atoms with Gasteiger partial charge in [-0.15, -0.1) is 0 Å². The third-order valence-corrected chi connectivity index (χ3v) is 4.28. The number of aryl methyl sites for hydroxylation is 1. The Kier molecular flexibility index (Phi) is 3.34. The maximum Gasteiger partial charge on any atom is 0.227 e. The van der Waals surface area contributed by atoms with Gasteiger partial charge in [-0.3, -0.25) is 9.59 Å². The van der Waals surface area contributed by atoms with Crippen molar-refractivity contribution in [2.24, 2.45) is 5.92 Å². The van der Waals surface area contributed by atoms with E-state index in [0.717, 1.165) is 29.7 Å². The molecule has 2 aliphatic rings. The number of rotatable bonds is 2. The molecule has 0 spiro atoms. The van der Waals surface area contributed by atoms with Crippen molar-refractivity contribution in [3.63, 3.8) is 0 Å². The first-order valence-electron chi connectivity index (χ1n) is 7.11. The molecule has 1 saturated heterocycles. The fraction of sp³-hybridized carbons (Fsp3) is 0.500. The number of amides is 1. The number of ether oxygens (including phenoxy) is 1. The molecule has 0 aliphatic carbocycles. The number of carbonyl (C=O) groups excluding carboxylic acids is 2. The number of ketones is 1. The zero-order chi connectivity index (χ0) is 14.3. The average Bonchev–Trinajstić information content (AvgIpc) is 2.88. The van der Waals surface area contributed by atoms with Gasteiger partial charge in [-0.1, -0.05) is 0 Å². The standard InChI is InChI=1S/C16H19NO3/c1-10-7-13(9-20-10)16(19)12-3-5-14-11(8-12)4-6-15(18)17(14)2/h3,5,8,10,13H,4,6-7,9H2,1-2H3. The van der Waals surface area contributed by atoms with Crippen LogP contribution in [-0.4, -0.2) is 31.4 Å². The Balaban J connectivity index is 1.86. The Labute approximate surface area is 118 Å². The minimum atomic E-state index is -0.0222. The van der Waals surface area contributed by atoms with Crippen molar-refractivity contribution in [3.05, 3.63) is 29.3 Å². The molecule has 3 rings (SSSR count). The predicted molar refractivity (Wildman–Crippen MR) is 76.0 cm³/mol. The molecule has 1 amide bonds. The van der Waals surface area contributed by atoms with Crippen LogP contribution < -0.4 is 4.90 Å². The Bertz CT molecular complexity index is 567. The van der Waals surface area contributed by atoms with E-state index >= 15 is 0 Å². The second kappa shape index (κ2) is 5.02. The smallest absolute Gasteiger partial charge is 0.227 e. The zero-order valence-corrected chi connectivity index (χ0v) is 11.9. The van der Waals surface area contributed by atoms with Gasteiger partial charge < -0.3 is 9.64 Å². The SMILES string of the molecule is CC1CC(C(=O)c2ccc3c(c2)CCC(=O)N3C)CO1. The molecule has 4 heteroatoms. The molecule has 4 nitrogen and oxygen atoms in total. The van der Waals surface area contributed by atoms with Crippen LogP contribution in [0.5, 0.6) is 0 Å². The Morgan fingerprint density at radius 3 is 2.85 bits per heavy atom. The molecule has 0 bridgehead atoms. The fourth-order valence-electron chi connectivity index (χ4n) is 3.05. The average molecular weight is 273 g/mol. The van der Waals surface area contributed by atoms with Gasteiger partial charge in [-0.2, -0.15) is 0 Å². The third kappa shape index (κ3) is 2.24. The van der Waals surface area contributed by atoms with Crippen LogP contribution in [0.25, 0.3) is 0 Å². The normalized spacial score (nSPS) is 25.7. The van der Waals surface area contributed by atoms with Gasteiger partial charge in [0.25, 0.3) is 0 Å². The van der Waals surface area contributed by atoms with Crippen LogP contribution >= 0.6 is 0 Å². The molecule has 0 saturated carbocycles. The number of benzene rings is 1. The van der Waals surface area contributed by atoms with E-state index in [4.69, 9.17) is 4.74 Å². The minimum absolute atomic E-state index is 0.0222. The molecule has 2 unspecified atom stereocenters. The topological polar surface area (TPSA) is 46.6 Å². The lowest BCUT2D eigenvalue weighted by Crippen LogP contribution is -2.31. The van der Waals surface area contributed by atoms with Gasteiger partial charge in [0.1, 0.15) is 0 Å². The number of hydrogen-bond acceptors (Lipinski definition) is 3. The van der Waals surface area contributed by atoms with Crippen molar-refractivity contribution in [2.45, 2.75) is 32.3 Å². The number of Topliss-reactive ketones (excluding diaryl/α,β-unsaturated/α-hetero) is 1. The van der Waals surface area contributed by atoms with Crippen LogP contribution in [0.15, 0.2) is 18.2 Å². The monoisotopic (exact) mass is 273 g/mol. The first-order valence-corrected chi connectivity index (χ1v) is 7.11. The summed E-state index contributed by atoms with van der Waals surface area (Å²) >= 11 is 0. The van der Waals surface area contributed by atoms with Crippen LogP contribution in [0.4, 0.5) is 5.69 Å². The third-order valence-electron chi connectivity index (χ3n) is 4.28. The second-order valence-electron chi connectivity index (χ2n) is 5.74. The first kappa shape index (κ1) is 13.3. The summed E-state index contributed by atoms with van der Waals surface area (Å²) in [6.07, 6.45) is 2.21. The molecule has 106 valence electrons. The fourth-order valence-corrected chi connectivity index (χ4v) is 3.05. The van der Waals surface area contributed by atoms with Gasteiger partial charge in [0.05, 0.1) is 12.7 Å². The van der Waals surface area contributed by atoms with Gasteiger partial charge in [0.15, 0.2) is 5.78 Å². The van der Waals surface area contributed by atoms with Gasteiger partial charge in [0, 0.05) is 30.6 Å². The maximum absolute atomic E-state index is 12.5. The van der Waals surface area contributed by atoms with Crippen molar-refractivity contribution in [1.82, 2.24) is 0 Å². The Morgan fingerprint density at radius 1 is 1.35 bits per heavy atom. The molecule has 2 heterocycles.